The fourth-order valence-electron chi connectivity index (χ4n) is 2.92. The molecule has 4 N–H and O–H groups in total. The molecule has 3 nitrogen and oxygen atoms in total. The van der Waals surface area contributed by atoms with Crippen molar-refractivity contribution in [3.63, 3.8) is 0 Å². The van der Waals surface area contributed by atoms with Gasteiger partial charge in [-0.3, -0.25) is 0 Å². The Labute approximate surface area is 86.1 Å². The van der Waals surface area contributed by atoms with Crippen LogP contribution in [0.3, 0.4) is 0 Å². The van der Waals surface area contributed by atoms with Gasteiger partial charge in [-0.25, -0.2) is 5.84 Å². The first kappa shape index (κ1) is 9.84. The van der Waals surface area contributed by atoms with Gasteiger partial charge in [0.15, 0.2) is 0 Å². The monoisotopic (exact) mass is 195 g/mol. The molecule has 14 heavy (non-hydrogen) atoms. The van der Waals surface area contributed by atoms with E-state index >= 15 is 0 Å². The third-order valence-corrected chi connectivity index (χ3v) is 4.02. The minimum atomic E-state index is 0.922. The first-order valence-corrected chi connectivity index (χ1v) is 5.57. The lowest BCUT2D eigenvalue weighted by atomic mass is 10.0. The standard InChI is InChI=1S/C11H21N3/c1-7-8-3-5-10(12)11(14(2)13)6-4-9(7)8/h7-9H,3-6,12-13H2,1-2H3/b11-10-/t7-,8+,9-/m1/s1. The number of nitrogens with two attached hydrogens (primary N) is 2. The SMILES string of the molecule is C[C@H]1[C@H]2CC/C(N(C)N)=C(/N)CC[C@@H]12. The first-order chi connectivity index (χ1) is 6.61. The van der Waals surface area contributed by atoms with E-state index in [4.69, 9.17) is 11.6 Å². The minimum Gasteiger partial charge on any atom is -0.401 e. The number of hydrogen-bond acceptors (Lipinski definition) is 3. The largest absolute Gasteiger partial charge is 0.401 e. The fraction of sp³-hybridized carbons (Fsp3) is 0.818. The molecule has 3 heteroatoms. The Balaban J connectivity index is 2.07. The molecular formula is C11H21N3. The van der Waals surface area contributed by atoms with Crippen molar-refractivity contribution >= 4 is 0 Å². The summed E-state index contributed by atoms with van der Waals surface area (Å²) in [6, 6.07) is 0. The van der Waals surface area contributed by atoms with Gasteiger partial charge in [-0.05, 0) is 43.4 Å². The third kappa shape index (κ3) is 1.61. The van der Waals surface area contributed by atoms with Crippen LogP contribution in [0.2, 0.25) is 0 Å². The lowest BCUT2D eigenvalue weighted by molar-refractivity contribution is 0.394. The Kier molecular flexibility index (Phi) is 2.43. The maximum absolute atomic E-state index is 6.03. The van der Waals surface area contributed by atoms with Gasteiger partial charge in [0.05, 0.1) is 0 Å². The molecule has 0 saturated heterocycles. The van der Waals surface area contributed by atoms with Crippen molar-refractivity contribution in [2.45, 2.75) is 32.6 Å². The van der Waals surface area contributed by atoms with Crippen LogP contribution in [0.25, 0.3) is 0 Å². The van der Waals surface area contributed by atoms with Crippen LogP contribution in [0, 0.1) is 17.8 Å². The van der Waals surface area contributed by atoms with Crippen LogP contribution < -0.4 is 11.6 Å². The first-order valence-electron chi connectivity index (χ1n) is 5.57. The number of fused-ring (bicyclic) bond motifs is 1. The highest BCUT2D eigenvalue weighted by Gasteiger charge is 2.45. The van der Waals surface area contributed by atoms with Gasteiger partial charge in [0.25, 0.3) is 0 Å². The predicted octanol–water partition coefficient (Wildman–Crippen LogP) is 1.42. The normalized spacial score (nSPS) is 42.4. The van der Waals surface area contributed by atoms with Gasteiger partial charge in [-0.2, -0.15) is 0 Å². The summed E-state index contributed by atoms with van der Waals surface area (Å²) in [5, 5.41) is 1.70. The Hall–Kier alpha value is -0.700. The van der Waals surface area contributed by atoms with Crippen molar-refractivity contribution in [1.82, 2.24) is 5.01 Å². The molecule has 1 saturated carbocycles. The zero-order valence-corrected chi connectivity index (χ0v) is 9.16. The summed E-state index contributed by atoms with van der Waals surface area (Å²) in [5.74, 6) is 8.57. The van der Waals surface area contributed by atoms with Crippen molar-refractivity contribution in [2.24, 2.45) is 29.3 Å². The quantitative estimate of drug-likeness (QED) is 0.491. The molecule has 0 radical (unpaired) electrons. The van der Waals surface area contributed by atoms with Gasteiger partial charge in [-0.1, -0.05) is 6.92 Å². The van der Waals surface area contributed by atoms with Crippen LogP contribution in [0.5, 0.6) is 0 Å². The summed E-state index contributed by atoms with van der Waals surface area (Å²) in [6.45, 7) is 2.36. The molecule has 1 fully saturated rings. The lowest BCUT2D eigenvalue weighted by Crippen LogP contribution is -2.28. The molecule has 0 amide bonds. The molecule has 0 aromatic carbocycles. The van der Waals surface area contributed by atoms with Crippen LogP contribution in [0.15, 0.2) is 11.4 Å². The zero-order chi connectivity index (χ0) is 10.3. The van der Waals surface area contributed by atoms with E-state index in [9.17, 15) is 0 Å². The van der Waals surface area contributed by atoms with Crippen LogP contribution in [-0.4, -0.2) is 12.1 Å². The Morgan fingerprint density at radius 2 is 1.79 bits per heavy atom. The Morgan fingerprint density at radius 1 is 1.21 bits per heavy atom. The third-order valence-electron chi connectivity index (χ3n) is 4.02. The summed E-state index contributed by atoms with van der Waals surface area (Å²) in [7, 11) is 1.89. The number of rotatable bonds is 1. The maximum Gasteiger partial charge on any atom is 0.0475 e. The highest BCUT2D eigenvalue weighted by atomic mass is 15.4. The van der Waals surface area contributed by atoms with E-state index in [2.05, 4.69) is 6.92 Å². The van der Waals surface area contributed by atoms with Crippen LogP contribution in [0.4, 0.5) is 0 Å². The summed E-state index contributed by atoms with van der Waals surface area (Å²) in [5.41, 5.74) is 8.20. The van der Waals surface area contributed by atoms with E-state index in [0.29, 0.717) is 0 Å². The molecular weight excluding hydrogens is 174 g/mol. The number of hydrazine groups is 1. The van der Waals surface area contributed by atoms with Gasteiger partial charge in [0.1, 0.15) is 0 Å². The van der Waals surface area contributed by atoms with Crippen molar-refractivity contribution in [1.29, 1.82) is 0 Å². The van der Waals surface area contributed by atoms with Crippen LogP contribution in [0.1, 0.15) is 32.6 Å². The molecule has 0 aliphatic heterocycles. The fourth-order valence-corrected chi connectivity index (χ4v) is 2.92. The highest BCUT2D eigenvalue weighted by Crippen LogP contribution is 2.53. The number of allylic oxidation sites excluding steroid dienone is 2. The molecule has 0 aromatic rings. The average Bonchev–Trinajstić information content (AvgIpc) is 2.68. The molecule has 2 rings (SSSR count). The summed E-state index contributed by atoms with van der Waals surface area (Å²) < 4.78 is 0. The van der Waals surface area contributed by atoms with Crippen molar-refractivity contribution < 1.29 is 0 Å². The van der Waals surface area contributed by atoms with Gasteiger partial charge in [0, 0.05) is 18.4 Å². The summed E-state index contributed by atoms with van der Waals surface area (Å²) in [6.07, 6.45) is 4.62. The highest BCUT2D eigenvalue weighted by molar-refractivity contribution is 5.13. The number of hydrogen-bond donors (Lipinski definition) is 2. The molecule has 0 aromatic heterocycles. The van der Waals surface area contributed by atoms with Crippen molar-refractivity contribution in [2.75, 3.05) is 7.05 Å². The van der Waals surface area contributed by atoms with Gasteiger partial charge >= 0.3 is 0 Å². The molecule has 2 aliphatic carbocycles. The van der Waals surface area contributed by atoms with E-state index in [0.717, 1.165) is 42.0 Å². The van der Waals surface area contributed by atoms with E-state index < -0.39 is 0 Å². The predicted molar refractivity (Wildman–Crippen MR) is 57.8 cm³/mol. The van der Waals surface area contributed by atoms with E-state index in [1.54, 1.807) is 5.01 Å². The average molecular weight is 195 g/mol. The summed E-state index contributed by atoms with van der Waals surface area (Å²) >= 11 is 0. The molecule has 2 aliphatic rings. The molecule has 0 unspecified atom stereocenters. The van der Waals surface area contributed by atoms with E-state index in [-0.39, 0.29) is 0 Å². The molecule has 3 atom stereocenters. The Bertz CT molecular complexity index is 257. The second-order valence-electron chi connectivity index (χ2n) is 4.85. The number of nitrogens with zero attached hydrogens (tertiary/aromatic N) is 1. The van der Waals surface area contributed by atoms with Crippen LogP contribution >= 0.6 is 0 Å². The van der Waals surface area contributed by atoms with E-state index in [1.165, 1.54) is 12.8 Å². The molecule has 0 bridgehead atoms. The summed E-state index contributed by atoms with van der Waals surface area (Å²) in [4.78, 5) is 0. The molecule has 0 spiro atoms. The van der Waals surface area contributed by atoms with Gasteiger partial charge < -0.3 is 10.7 Å². The van der Waals surface area contributed by atoms with E-state index in [1.807, 2.05) is 7.05 Å². The molecule has 0 heterocycles. The van der Waals surface area contributed by atoms with Crippen LogP contribution in [-0.2, 0) is 0 Å². The lowest BCUT2D eigenvalue weighted by Gasteiger charge is -2.21. The smallest absolute Gasteiger partial charge is 0.0475 e. The minimum absolute atomic E-state index is 0.922. The van der Waals surface area contributed by atoms with Gasteiger partial charge in [-0.15, -0.1) is 0 Å². The second-order valence-corrected chi connectivity index (χ2v) is 4.85. The zero-order valence-electron chi connectivity index (χ0n) is 9.16. The van der Waals surface area contributed by atoms with Gasteiger partial charge in [0.2, 0.25) is 0 Å². The Morgan fingerprint density at radius 3 is 2.36 bits per heavy atom. The topological polar surface area (TPSA) is 55.3 Å². The van der Waals surface area contributed by atoms with Crippen molar-refractivity contribution in [3.05, 3.63) is 11.4 Å². The second kappa shape index (κ2) is 3.46. The van der Waals surface area contributed by atoms with Crippen molar-refractivity contribution in [3.8, 4) is 0 Å². The maximum atomic E-state index is 6.03. The molecule has 80 valence electrons.